The highest BCUT2D eigenvalue weighted by Crippen LogP contribution is 2.31. The van der Waals surface area contributed by atoms with E-state index in [-0.39, 0.29) is 0 Å². The van der Waals surface area contributed by atoms with Crippen molar-refractivity contribution >= 4 is 42.9 Å². The van der Waals surface area contributed by atoms with Gasteiger partial charge in [0, 0.05) is 11.5 Å². The van der Waals surface area contributed by atoms with Crippen molar-refractivity contribution in [1.82, 2.24) is 9.97 Å². The smallest absolute Gasteiger partial charge is 0.214 e. The largest absolute Gasteiger partial charge is 0.481 e. The number of fused-ring (bicyclic) bond motifs is 1. The number of aromatic amines is 1. The Bertz CT molecular complexity index is 453. The maximum Gasteiger partial charge on any atom is 0.214 e. The third-order valence-electron chi connectivity index (χ3n) is 1.74. The summed E-state index contributed by atoms with van der Waals surface area (Å²) in [5, 5.41) is 1.03. The number of pyridine rings is 1. The summed E-state index contributed by atoms with van der Waals surface area (Å²) in [6.07, 6.45) is 0. The zero-order valence-electron chi connectivity index (χ0n) is 6.77. The molecule has 0 bridgehead atoms. The summed E-state index contributed by atoms with van der Waals surface area (Å²) in [6, 6.07) is 3.78. The fourth-order valence-electron chi connectivity index (χ4n) is 1.10. The summed E-state index contributed by atoms with van der Waals surface area (Å²) >= 11 is 6.81. The van der Waals surface area contributed by atoms with Crippen molar-refractivity contribution in [3.05, 3.63) is 21.2 Å². The molecule has 2 rings (SSSR count). The molecular formula is C8H6Br2N2O. The monoisotopic (exact) mass is 304 g/mol. The Morgan fingerprint density at radius 3 is 2.85 bits per heavy atom. The van der Waals surface area contributed by atoms with Crippen LogP contribution in [0.25, 0.3) is 11.0 Å². The first-order valence-corrected chi connectivity index (χ1v) is 5.18. The topological polar surface area (TPSA) is 37.9 Å². The summed E-state index contributed by atoms with van der Waals surface area (Å²) in [5.41, 5.74) is 0.804. The molecule has 2 heterocycles. The third kappa shape index (κ3) is 1.46. The standard InChI is InChI=1S/C8H6Br2N2O/c1-13-5-3-2-4-6(9)7(10)12-8(4)11-5/h2-3H,1H3,(H,11,12). The number of hydrogen-bond acceptors (Lipinski definition) is 2. The van der Waals surface area contributed by atoms with Crippen LogP contribution in [0, 0.1) is 0 Å². The van der Waals surface area contributed by atoms with E-state index in [1.54, 1.807) is 7.11 Å². The molecule has 13 heavy (non-hydrogen) atoms. The Labute approximate surface area is 91.8 Å². The number of methoxy groups -OCH3 is 1. The maximum atomic E-state index is 5.01. The summed E-state index contributed by atoms with van der Waals surface area (Å²) in [7, 11) is 1.60. The van der Waals surface area contributed by atoms with Crippen molar-refractivity contribution in [2.75, 3.05) is 7.11 Å². The number of nitrogens with one attached hydrogen (secondary N) is 1. The zero-order chi connectivity index (χ0) is 9.42. The van der Waals surface area contributed by atoms with Crippen LogP contribution in [0.3, 0.4) is 0 Å². The average Bonchev–Trinajstić information content (AvgIpc) is 2.42. The Balaban J connectivity index is 2.73. The van der Waals surface area contributed by atoms with E-state index in [0.29, 0.717) is 5.88 Å². The molecule has 0 spiro atoms. The SMILES string of the molecule is COc1ccc2c(Br)c(Br)[nH]c2n1. The van der Waals surface area contributed by atoms with Gasteiger partial charge in [-0.25, -0.2) is 0 Å². The highest BCUT2D eigenvalue weighted by molar-refractivity contribution is 9.13. The van der Waals surface area contributed by atoms with Crippen molar-refractivity contribution in [1.29, 1.82) is 0 Å². The molecule has 2 aromatic rings. The Morgan fingerprint density at radius 2 is 2.15 bits per heavy atom. The molecule has 0 saturated carbocycles. The van der Waals surface area contributed by atoms with Gasteiger partial charge in [0.25, 0.3) is 0 Å². The summed E-state index contributed by atoms with van der Waals surface area (Å²) < 4.78 is 6.89. The van der Waals surface area contributed by atoms with Gasteiger partial charge in [-0.2, -0.15) is 4.98 Å². The normalized spacial score (nSPS) is 10.7. The molecule has 0 aliphatic heterocycles. The maximum absolute atomic E-state index is 5.01. The second kappa shape index (κ2) is 3.31. The van der Waals surface area contributed by atoms with Gasteiger partial charge in [-0.15, -0.1) is 0 Å². The predicted molar refractivity (Wildman–Crippen MR) is 58.0 cm³/mol. The molecule has 2 aromatic heterocycles. The fourth-order valence-corrected chi connectivity index (χ4v) is 1.92. The van der Waals surface area contributed by atoms with Crippen molar-refractivity contribution < 1.29 is 4.74 Å². The minimum atomic E-state index is 0.605. The third-order valence-corrected chi connectivity index (χ3v) is 3.69. The molecule has 0 aliphatic rings. The molecule has 1 N–H and O–H groups in total. The number of hydrogen-bond donors (Lipinski definition) is 1. The Hall–Kier alpha value is -0.550. The molecule has 0 aromatic carbocycles. The minimum absolute atomic E-state index is 0.605. The Kier molecular flexibility index (Phi) is 2.29. The van der Waals surface area contributed by atoms with Gasteiger partial charge in [-0.1, -0.05) is 0 Å². The van der Waals surface area contributed by atoms with Crippen LogP contribution >= 0.6 is 31.9 Å². The van der Waals surface area contributed by atoms with Gasteiger partial charge in [0.05, 0.1) is 16.2 Å². The van der Waals surface area contributed by atoms with Gasteiger partial charge in [-0.3, -0.25) is 0 Å². The van der Waals surface area contributed by atoms with Crippen LogP contribution in [0.5, 0.6) is 5.88 Å². The molecule has 0 radical (unpaired) electrons. The van der Waals surface area contributed by atoms with E-state index in [1.165, 1.54) is 0 Å². The van der Waals surface area contributed by atoms with E-state index in [0.717, 1.165) is 20.1 Å². The van der Waals surface area contributed by atoms with Crippen LogP contribution in [0.2, 0.25) is 0 Å². The summed E-state index contributed by atoms with van der Waals surface area (Å²) in [6.45, 7) is 0. The highest BCUT2D eigenvalue weighted by atomic mass is 79.9. The molecule has 0 amide bonds. The summed E-state index contributed by atoms with van der Waals surface area (Å²) in [4.78, 5) is 7.32. The number of ether oxygens (including phenoxy) is 1. The predicted octanol–water partition coefficient (Wildman–Crippen LogP) is 3.10. The van der Waals surface area contributed by atoms with Gasteiger partial charge >= 0.3 is 0 Å². The molecule has 0 fully saturated rings. The lowest BCUT2D eigenvalue weighted by molar-refractivity contribution is 0.399. The van der Waals surface area contributed by atoms with E-state index in [4.69, 9.17) is 4.74 Å². The van der Waals surface area contributed by atoms with E-state index in [9.17, 15) is 0 Å². The van der Waals surface area contributed by atoms with Gasteiger partial charge in [-0.05, 0) is 37.9 Å². The van der Waals surface area contributed by atoms with Gasteiger partial charge in [0.1, 0.15) is 5.65 Å². The van der Waals surface area contributed by atoms with Crippen LogP contribution < -0.4 is 4.74 Å². The number of aromatic nitrogens is 2. The molecule has 0 aliphatic carbocycles. The first kappa shape index (κ1) is 9.02. The first-order chi connectivity index (χ1) is 6.22. The average molecular weight is 306 g/mol. The van der Waals surface area contributed by atoms with Crippen LogP contribution in [0.1, 0.15) is 0 Å². The first-order valence-electron chi connectivity index (χ1n) is 3.60. The molecule has 68 valence electrons. The minimum Gasteiger partial charge on any atom is -0.481 e. The van der Waals surface area contributed by atoms with Gasteiger partial charge in [0.15, 0.2) is 0 Å². The summed E-state index contributed by atoms with van der Waals surface area (Å²) in [5.74, 6) is 0.605. The fraction of sp³-hybridized carbons (Fsp3) is 0.125. The second-order valence-corrected chi connectivity index (χ2v) is 4.09. The van der Waals surface area contributed by atoms with Crippen molar-refractivity contribution in [2.45, 2.75) is 0 Å². The molecule has 0 unspecified atom stereocenters. The second-order valence-electron chi connectivity index (χ2n) is 2.50. The lowest BCUT2D eigenvalue weighted by atomic mass is 10.3. The van der Waals surface area contributed by atoms with E-state index < -0.39 is 0 Å². The number of rotatable bonds is 1. The number of halogens is 2. The number of nitrogens with zero attached hydrogens (tertiary/aromatic N) is 1. The molecular weight excluding hydrogens is 300 g/mol. The van der Waals surface area contributed by atoms with Crippen LogP contribution in [-0.2, 0) is 0 Å². The van der Waals surface area contributed by atoms with Gasteiger partial charge in [0.2, 0.25) is 5.88 Å². The van der Waals surface area contributed by atoms with E-state index >= 15 is 0 Å². The molecule has 0 saturated heterocycles. The quantitative estimate of drug-likeness (QED) is 0.879. The van der Waals surface area contributed by atoms with Crippen molar-refractivity contribution in [3.8, 4) is 5.88 Å². The van der Waals surface area contributed by atoms with Crippen molar-refractivity contribution in [3.63, 3.8) is 0 Å². The lowest BCUT2D eigenvalue weighted by Gasteiger charge is -1.96. The highest BCUT2D eigenvalue weighted by Gasteiger charge is 2.07. The van der Waals surface area contributed by atoms with Gasteiger partial charge < -0.3 is 9.72 Å². The lowest BCUT2D eigenvalue weighted by Crippen LogP contribution is -1.86. The zero-order valence-corrected chi connectivity index (χ0v) is 9.94. The van der Waals surface area contributed by atoms with E-state index in [2.05, 4.69) is 41.8 Å². The molecule has 0 atom stereocenters. The van der Waals surface area contributed by atoms with Crippen molar-refractivity contribution in [2.24, 2.45) is 0 Å². The van der Waals surface area contributed by atoms with Crippen LogP contribution in [0.4, 0.5) is 0 Å². The Morgan fingerprint density at radius 1 is 1.38 bits per heavy atom. The van der Waals surface area contributed by atoms with E-state index in [1.807, 2.05) is 12.1 Å². The van der Waals surface area contributed by atoms with Crippen LogP contribution in [0.15, 0.2) is 21.2 Å². The molecule has 5 heteroatoms. The number of H-pyrrole nitrogens is 1. The molecule has 3 nitrogen and oxygen atoms in total. The van der Waals surface area contributed by atoms with Crippen LogP contribution in [-0.4, -0.2) is 17.1 Å².